The topological polar surface area (TPSA) is 84.3 Å². The van der Waals surface area contributed by atoms with Crippen LogP contribution in [0.5, 0.6) is 5.88 Å². The highest BCUT2D eigenvalue weighted by atomic mass is 16.5. The van der Waals surface area contributed by atoms with Crippen LogP contribution in [0.15, 0.2) is 39.9 Å². The Morgan fingerprint density at radius 3 is 2.48 bits per heavy atom. The van der Waals surface area contributed by atoms with Gasteiger partial charge in [0.25, 0.3) is 5.56 Å². The van der Waals surface area contributed by atoms with Crippen LogP contribution in [0.4, 0.5) is 0 Å². The molecule has 6 nitrogen and oxygen atoms in total. The second kappa shape index (κ2) is 5.57. The minimum absolute atomic E-state index is 0.127. The maximum absolute atomic E-state index is 12.1. The van der Waals surface area contributed by atoms with E-state index in [-0.39, 0.29) is 17.5 Å². The van der Waals surface area contributed by atoms with E-state index in [9.17, 15) is 14.7 Å². The molecule has 1 fully saturated rings. The number of aromatic nitrogens is 2. The number of benzene rings is 1. The van der Waals surface area contributed by atoms with Crippen LogP contribution in [0.2, 0.25) is 0 Å². The number of aromatic hydroxyl groups is 1. The van der Waals surface area contributed by atoms with E-state index in [1.54, 1.807) is 24.3 Å². The summed E-state index contributed by atoms with van der Waals surface area (Å²) >= 11 is 0. The van der Waals surface area contributed by atoms with Crippen LogP contribution in [0.1, 0.15) is 18.9 Å². The lowest BCUT2D eigenvalue weighted by atomic mass is 10.1. The first-order valence-corrected chi connectivity index (χ1v) is 6.89. The second-order valence-electron chi connectivity index (χ2n) is 5.04. The Hall–Kier alpha value is -2.34. The van der Waals surface area contributed by atoms with Crippen molar-refractivity contribution in [3.63, 3.8) is 0 Å². The second-order valence-corrected chi connectivity index (χ2v) is 5.04. The lowest BCUT2D eigenvalue weighted by Gasteiger charge is -2.25. The van der Waals surface area contributed by atoms with E-state index in [2.05, 4.69) is 4.98 Å². The highest BCUT2D eigenvalue weighted by molar-refractivity contribution is 5.67. The Bertz CT molecular complexity index is 743. The van der Waals surface area contributed by atoms with Crippen molar-refractivity contribution in [1.29, 1.82) is 0 Å². The molecule has 1 aromatic heterocycles. The van der Waals surface area contributed by atoms with Crippen molar-refractivity contribution >= 4 is 0 Å². The molecular formula is C15H16N2O4. The molecule has 0 atom stereocenters. The highest BCUT2D eigenvalue weighted by Crippen LogP contribution is 2.29. The molecule has 2 aromatic rings. The van der Waals surface area contributed by atoms with Gasteiger partial charge in [-0.2, -0.15) is 0 Å². The zero-order chi connectivity index (χ0) is 14.8. The number of hydrogen-bond donors (Lipinski definition) is 2. The van der Waals surface area contributed by atoms with E-state index in [1.807, 2.05) is 6.07 Å². The van der Waals surface area contributed by atoms with Gasteiger partial charge in [0.15, 0.2) is 0 Å². The molecule has 1 aromatic carbocycles. The molecular weight excluding hydrogens is 272 g/mol. The maximum atomic E-state index is 12.1. The molecule has 21 heavy (non-hydrogen) atoms. The van der Waals surface area contributed by atoms with Crippen molar-refractivity contribution in [2.24, 2.45) is 0 Å². The summed E-state index contributed by atoms with van der Waals surface area (Å²) in [5, 5.41) is 10.5. The molecule has 0 bridgehead atoms. The summed E-state index contributed by atoms with van der Waals surface area (Å²) in [7, 11) is 0. The van der Waals surface area contributed by atoms with Gasteiger partial charge in [0.2, 0.25) is 5.88 Å². The van der Waals surface area contributed by atoms with Gasteiger partial charge in [0, 0.05) is 19.3 Å². The fourth-order valence-corrected chi connectivity index (χ4v) is 2.69. The van der Waals surface area contributed by atoms with Crippen molar-refractivity contribution in [3.8, 4) is 17.0 Å². The van der Waals surface area contributed by atoms with Crippen molar-refractivity contribution in [2.75, 3.05) is 13.2 Å². The molecule has 0 saturated carbocycles. The summed E-state index contributed by atoms with van der Waals surface area (Å²) in [6.07, 6.45) is 1.27. The summed E-state index contributed by atoms with van der Waals surface area (Å²) in [5.74, 6) is -0.276. The van der Waals surface area contributed by atoms with Crippen LogP contribution in [0.3, 0.4) is 0 Å². The normalized spacial score (nSPS) is 16.0. The van der Waals surface area contributed by atoms with Crippen LogP contribution in [0.25, 0.3) is 11.1 Å². The molecule has 1 saturated heterocycles. The van der Waals surface area contributed by atoms with Gasteiger partial charge >= 0.3 is 5.69 Å². The Balaban J connectivity index is 2.18. The smallest absolute Gasteiger partial charge is 0.331 e. The van der Waals surface area contributed by atoms with Crippen molar-refractivity contribution in [2.45, 2.75) is 18.9 Å². The molecule has 2 N–H and O–H groups in total. The first-order valence-electron chi connectivity index (χ1n) is 6.89. The van der Waals surface area contributed by atoms with Crippen molar-refractivity contribution < 1.29 is 9.84 Å². The fraction of sp³-hybridized carbons (Fsp3) is 0.333. The van der Waals surface area contributed by atoms with Gasteiger partial charge in [0.05, 0.1) is 0 Å². The molecule has 0 radical (unpaired) electrons. The summed E-state index contributed by atoms with van der Waals surface area (Å²) < 4.78 is 6.54. The molecule has 6 heteroatoms. The lowest BCUT2D eigenvalue weighted by Crippen LogP contribution is -2.35. The molecule has 0 aliphatic carbocycles. The standard InChI is InChI=1S/C15H16N2O4/c18-13-12(10-4-2-1-3-5-10)14(19)17(15(20)16-13)11-6-8-21-9-7-11/h1-5,11,19H,6-9H2,(H,16,18,20). The third-order valence-electron chi connectivity index (χ3n) is 3.74. The van der Waals surface area contributed by atoms with E-state index >= 15 is 0 Å². The third-order valence-corrected chi connectivity index (χ3v) is 3.74. The van der Waals surface area contributed by atoms with Gasteiger partial charge in [-0.15, -0.1) is 0 Å². The number of hydrogen-bond acceptors (Lipinski definition) is 4. The molecule has 0 amide bonds. The molecule has 0 spiro atoms. The Kier molecular flexibility index (Phi) is 3.62. The van der Waals surface area contributed by atoms with Gasteiger partial charge < -0.3 is 9.84 Å². The van der Waals surface area contributed by atoms with E-state index in [0.717, 1.165) is 0 Å². The zero-order valence-corrected chi connectivity index (χ0v) is 11.4. The molecule has 110 valence electrons. The average molecular weight is 288 g/mol. The predicted octanol–water partition coefficient (Wildman–Crippen LogP) is 1.26. The summed E-state index contributed by atoms with van der Waals surface area (Å²) in [4.78, 5) is 26.4. The highest BCUT2D eigenvalue weighted by Gasteiger charge is 2.23. The van der Waals surface area contributed by atoms with Gasteiger partial charge in [-0.05, 0) is 18.4 Å². The first kappa shape index (κ1) is 13.6. The number of H-pyrrole nitrogens is 1. The molecule has 3 rings (SSSR count). The predicted molar refractivity (Wildman–Crippen MR) is 77.5 cm³/mol. The Morgan fingerprint density at radius 2 is 1.81 bits per heavy atom. The van der Waals surface area contributed by atoms with Gasteiger partial charge in [-0.1, -0.05) is 30.3 Å². The monoisotopic (exact) mass is 288 g/mol. The van der Waals surface area contributed by atoms with E-state index < -0.39 is 11.2 Å². The largest absolute Gasteiger partial charge is 0.494 e. The average Bonchev–Trinajstić information content (AvgIpc) is 2.49. The van der Waals surface area contributed by atoms with Crippen LogP contribution in [-0.4, -0.2) is 27.9 Å². The van der Waals surface area contributed by atoms with Crippen molar-refractivity contribution in [1.82, 2.24) is 9.55 Å². The van der Waals surface area contributed by atoms with Gasteiger partial charge in [-0.3, -0.25) is 14.3 Å². The van der Waals surface area contributed by atoms with Crippen LogP contribution >= 0.6 is 0 Å². The Morgan fingerprint density at radius 1 is 1.14 bits per heavy atom. The number of nitrogens with one attached hydrogen (secondary N) is 1. The summed E-state index contributed by atoms with van der Waals surface area (Å²) in [5.41, 5.74) is -0.449. The van der Waals surface area contributed by atoms with Crippen molar-refractivity contribution in [3.05, 3.63) is 51.2 Å². The van der Waals surface area contributed by atoms with E-state index in [0.29, 0.717) is 31.6 Å². The van der Waals surface area contributed by atoms with Crippen LogP contribution < -0.4 is 11.2 Å². The number of ether oxygens (including phenoxy) is 1. The van der Waals surface area contributed by atoms with E-state index in [1.165, 1.54) is 4.57 Å². The third kappa shape index (κ3) is 2.50. The summed E-state index contributed by atoms with van der Waals surface area (Å²) in [6, 6.07) is 8.66. The first-order chi connectivity index (χ1) is 10.2. The minimum atomic E-state index is -0.580. The minimum Gasteiger partial charge on any atom is -0.494 e. The fourth-order valence-electron chi connectivity index (χ4n) is 2.69. The molecule has 1 aliphatic rings. The molecule has 1 aliphatic heterocycles. The molecule has 2 heterocycles. The number of aromatic amines is 1. The lowest BCUT2D eigenvalue weighted by molar-refractivity contribution is 0.0661. The number of rotatable bonds is 2. The maximum Gasteiger partial charge on any atom is 0.331 e. The quantitative estimate of drug-likeness (QED) is 0.871. The molecule has 0 unspecified atom stereocenters. The van der Waals surface area contributed by atoms with Gasteiger partial charge in [-0.25, -0.2) is 4.79 Å². The SMILES string of the molecule is O=c1[nH]c(=O)n(C2CCOCC2)c(O)c1-c1ccccc1. The zero-order valence-electron chi connectivity index (χ0n) is 11.4. The van der Waals surface area contributed by atoms with E-state index in [4.69, 9.17) is 4.74 Å². The number of nitrogens with zero attached hydrogens (tertiary/aromatic N) is 1. The van der Waals surface area contributed by atoms with Crippen LogP contribution in [-0.2, 0) is 4.74 Å². The van der Waals surface area contributed by atoms with Gasteiger partial charge in [0.1, 0.15) is 5.56 Å². The Labute approximate surface area is 120 Å². The van der Waals surface area contributed by atoms with Crippen LogP contribution in [0, 0.1) is 0 Å². The summed E-state index contributed by atoms with van der Waals surface area (Å²) in [6.45, 7) is 1.08.